The van der Waals surface area contributed by atoms with E-state index >= 15 is 0 Å². The standard InChI is InChI=1S/C9H18ClNO/c1-8(5-10)6-11-9(2,3)7-12-4/h5,11H,6-7H2,1-4H3. The van der Waals surface area contributed by atoms with Gasteiger partial charge in [0.1, 0.15) is 0 Å². The van der Waals surface area contributed by atoms with Crippen LogP contribution >= 0.6 is 11.6 Å². The minimum absolute atomic E-state index is 0.00983. The lowest BCUT2D eigenvalue weighted by atomic mass is 10.1. The van der Waals surface area contributed by atoms with Crippen LogP contribution in [-0.2, 0) is 4.74 Å². The fourth-order valence-corrected chi connectivity index (χ4v) is 0.906. The first kappa shape index (κ1) is 11.9. The first-order valence-corrected chi connectivity index (χ1v) is 4.45. The third-order valence-electron chi connectivity index (χ3n) is 1.54. The summed E-state index contributed by atoms with van der Waals surface area (Å²) in [5, 5.41) is 3.33. The fourth-order valence-electron chi connectivity index (χ4n) is 0.829. The third kappa shape index (κ3) is 5.58. The number of nitrogens with one attached hydrogen (secondary N) is 1. The van der Waals surface area contributed by atoms with Crippen LogP contribution in [0.1, 0.15) is 20.8 Å². The molecule has 72 valence electrons. The van der Waals surface area contributed by atoms with Crippen LogP contribution in [0, 0.1) is 0 Å². The first-order valence-electron chi connectivity index (χ1n) is 4.01. The van der Waals surface area contributed by atoms with Gasteiger partial charge < -0.3 is 10.1 Å². The molecule has 0 unspecified atom stereocenters. The molecule has 0 saturated carbocycles. The molecule has 0 heterocycles. The van der Waals surface area contributed by atoms with Crippen molar-refractivity contribution in [1.29, 1.82) is 0 Å². The molecular formula is C9H18ClNO. The Morgan fingerprint density at radius 3 is 2.58 bits per heavy atom. The highest BCUT2D eigenvalue weighted by molar-refractivity contribution is 6.25. The molecule has 3 heteroatoms. The molecule has 0 aliphatic carbocycles. The van der Waals surface area contributed by atoms with Crippen LogP contribution < -0.4 is 5.32 Å². The van der Waals surface area contributed by atoms with Crippen molar-refractivity contribution in [3.63, 3.8) is 0 Å². The minimum atomic E-state index is 0.00983. The van der Waals surface area contributed by atoms with E-state index in [2.05, 4.69) is 19.2 Å². The second-order valence-corrected chi connectivity index (χ2v) is 3.84. The monoisotopic (exact) mass is 191 g/mol. The summed E-state index contributed by atoms with van der Waals surface area (Å²) in [6, 6.07) is 0. The predicted molar refractivity (Wildman–Crippen MR) is 53.6 cm³/mol. The lowest BCUT2D eigenvalue weighted by molar-refractivity contribution is 0.130. The minimum Gasteiger partial charge on any atom is -0.383 e. The molecule has 0 rings (SSSR count). The number of rotatable bonds is 5. The van der Waals surface area contributed by atoms with Gasteiger partial charge in [0.15, 0.2) is 0 Å². The molecule has 0 aromatic heterocycles. The number of hydrogen-bond acceptors (Lipinski definition) is 2. The summed E-state index contributed by atoms with van der Waals surface area (Å²) in [5.74, 6) is 0. The summed E-state index contributed by atoms with van der Waals surface area (Å²) >= 11 is 5.52. The van der Waals surface area contributed by atoms with Crippen molar-refractivity contribution in [2.45, 2.75) is 26.3 Å². The maximum absolute atomic E-state index is 5.52. The zero-order valence-corrected chi connectivity index (χ0v) is 9.03. The molecule has 2 nitrogen and oxygen atoms in total. The highest BCUT2D eigenvalue weighted by Crippen LogP contribution is 2.03. The highest BCUT2D eigenvalue weighted by atomic mass is 35.5. The first-order chi connectivity index (χ1) is 5.52. The molecule has 0 bridgehead atoms. The molecule has 0 amide bonds. The summed E-state index contributed by atoms with van der Waals surface area (Å²) in [4.78, 5) is 0. The second kappa shape index (κ2) is 5.57. The molecule has 0 fully saturated rings. The van der Waals surface area contributed by atoms with Crippen molar-refractivity contribution in [2.75, 3.05) is 20.3 Å². The molecule has 0 aliphatic heterocycles. The fraction of sp³-hybridized carbons (Fsp3) is 0.778. The van der Waals surface area contributed by atoms with Crippen molar-refractivity contribution in [3.05, 3.63) is 11.1 Å². The second-order valence-electron chi connectivity index (χ2n) is 3.63. The van der Waals surface area contributed by atoms with Gasteiger partial charge >= 0.3 is 0 Å². The number of ether oxygens (including phenoxy) is 1. The largest absolute Gasteiger partial charge is 0.383 e. The lowest BCUT2D eigenvalue weighted by Crippen LogP contribution is -2.43. The highest BCUT2D eigenvalue weighted by Gasteiger charge is 2.15. The van der Waals surface area contributed by atoms with E-state index in [9.17, 15) is 0 Å². The number of hydrogen-bond donors (Lipinski definition) is 1. The van der Waals surface area contributed by atoms with E-state index in [0.717, 1.165) is 12.1 Å². The molecular weight excluding hydrogens is 174 g/mol. The number of methoxy groups -OCH3 is 1. The normalized spacial score (nSPS) is 13.6. The Hall–Kier alpha value is -0.0500. The third-order valence-corrected chi connectivity index (χ3v) is 1.91. The van der Waals surface area contributed by atoms with Gasteiger partial charge in [-0.1, -0.05) is 11.6 Å². The van der Waals surface area contributed by atoms with E-state index in [4.69, 9.17) is 16.3 Å². The molecule has 1 N–H and O–H groups in total. The Morgan fingerprint density at radius 2 is 2.17 bits per heavy atom. The van der Waals surface area contributed by atoms with Gasteiger partial charge in [-0.2, -0.15) is 0 Å². The molecule has 0 spiro atoms. The average molecular weight is 192 g/mol. The smallest absolute Gasteiger partial charge is 0.0639 e. The van der Waals surface area contributed by atoms with Crippen molar-refractivity contribution in [1.82, 2.24) is 5.32 Å². The molecule has 0 atom stereocenters. The van der Waals surface area contributed by atoms with Crippen LogP contribution in [0.3, 0.4) is 0 Å². The van der Waals surface area contributed by atoms with Crippen molar-refractivity contribution >= 4 is 11.6 Å². The maximum Gasteiger partial charge on any atom is 0.0639 e. The Bertz CT molecular complexity index is 155. The lowest BCUT2D eigenvalue weighted by Gasteiger charge is -2.25. The molecule has 0 aromatic rings. The van der Waals surface area contributed by atoms with Gasteiger partial charge in [-0.15, -0.1) is 0 Å². The summed E-state index contributed by atoms with van der Waals surface area (Å²) < 4.78 is 5.06. The van der Waals surface area contributed by atoms with E-state index in [-0.39, 0.29) is 5.54 Å². The molecule has 0 saturated heterocycles. The quantitative estimate of drug-likeness (QED) is 0.719. The summed E-state index contributed by atoms with van der Waals surface area (Å²) in [6.07, 6.45) is 0. The van der Waals surface area contributed by atoms with Gasteiger partial charge in [0.25, 0.3) is 0 Å². The van der Waals surface area contributed by atoms with E-state index in [0.29, 0.717) is 6.61 Å². The van der Waals surface area contributed by atoms with E-state index in [1.54, 1.807) is 12.6 Å². The molecule has 0 radical (unpaired) electrons. The maximum atomic E-state index is 5.52. The van der Waals surface area contributed by atoms with Gasteiger partial charge in [-0.3, -0.25) is 0 Å². The summed E-state index contributed by atoms with van der Waals surface area (Å²) in [6.45, 7) is 7.68. The zero-order chi connectivity index (χ0) is 9.61. The SMILES string of the molecule is COCC(C)(C)NCC(C)=CCl. The van der Waals surface area contributed by atoms with Crippen LogP contribution in [0.25, 0.3) is 0 Å². The Balaban J connectivity index is 3.75. The van der Waals surface area contributed by atoms with Crippen molar-refractivity contribution in [2.24, 2.45) is 0 Å². The van der Waals surface area contributed by atoms with Crippen LogP contribution in [-0.4, -0.2) is 25.8 Å². The molecule has 0 aromatic carbocycles. The predicted octanol–water partition coefficient (Wildman–Crippen LogP) is 2.14. The topological polar surface area (TPSA) is 21.3 Å². The molecule has 0 aliphatic rings. The van der Waals surface area contributed by atoms with Crippen molar-refractivity contribution < 1.29 is 4.74 Å². The molecule has 12 heavy (non-hydrogen) atoms. The van der Waals surface area contributed by atoms with Gasteiger partial charge in [-0.05, 0) is 26.3 Å². The van der Waals surface area contributed by atoms with Gasteiger partial charge in [0.05, 0.1) is 6.61 Å². The van der Waals surface area contributed by atoms with Crippen LogP contribution in [0.2, 0.25) is 0 Å². The Kier molecular flexibility index (Phi) is 5.55. The van der Waals surface area contributed by atoms with Gasteiger partial charge in [0, 0.05) is 24.7 Å². The van der Waals surface area contributed by atoms with Crippen LogP contribution in [0.5, 0.6) is 0 Å². The summed E-state index contributed by atoms with van der Waals surface area (Å²) in [7, 11) is 1.70. The van der Waals surface area contributed by atoms with E-state index in [1.807, 2.05) is 6.92 Å². The Morgan fingerprint density at radius 1 is 1.58 bits per heavy atom. The Labute approximate surface area is 79.9 Å². The average Bonchev–Trinajstić information content (AvgIpc) is 2.00. The summed E-state index contributed by atoms with van der Waals surface area (Å²) in [5.41, 5.74) is 2.73. The van der Waals surface area contributed by atoms with Gasteiger partial charge in [0.2, 0.25) is 0 Å². The zero-order valence-electron chi connectivity index (χ0n) is 8.28. The van der Waals surface area contributed by atoms with E-state index < -0.39 is 0 Å². The van der Waals surface area contributed by atoms with Crippen LogP contribution in [0.4, 0.5) is 0 Å². The van der Waals surface area contributed by atoms with Crippen LogP contribution in [0.15, 0.2) is 11.1 Å². The van der Waals surface area contributed by atoms with Gasteiger partial charge in [-0.25, -0.2) is 0 Å². The number of halogens is 1. The van der Waals surface area contributed by atoms with Crippen molar-refractivity contribution in [3.8, 4) is 0 Å². The van der Waals surface area contributed by atoms with E-state index in [1.165, 1.54) is 0 Å².